The Morgan fingerprint density at radius 3 is 2.67 bits per heavy atom. The van der Waals surface area contributed by atoms with Crippen LogP contribution in [0.2, 0.25) is 0 Å². The van der Waals surface area contributed by atoms with E-state index in [4.69, 9.17) is 5.73 Å². The fraction of sp³-hybridized carbons (Fsp3) is 0.400. The first-order chi connectivity index (χ1) is 5.79. The molecule has 0 aliphatic heterocycles. The summed E-state index contributed by atoms with van der Waals surface area (Å²) in [6.45, 7) is 2.85. The maximum Gasteiger partial charge on any atom is 0.0269 e. The minimum absolute atomic E-state index is 0.546. The molecule has 66 valence electrons. The Kier molecular flexibility index (Phi) is 3.63. The zero-order valence-electron chi connectivity index (χ0n) is 7.58. The Balaban J connectivity index is 2.96. The summed E-state index contributed by atoms with van der Waals surface area (Å²) in [6.07, 6.45) is 2.12. The molecule has 0 aliphatic rings. The third kappa shape index (κ3) is 2.02. The molecule has 0 aliphatic carbocycles. The molecule has 1 unspecified atom stereocenters. The van der Waals surface area contributed by atoms with Crippen LogP contribution in [-0.2, 0) is 6.54 Å². The minimum Gasteiger partial charge on any atom is -0.326 e. The van der Waals surface area contributed by atoms with Crippen LogP contribution < -0.4 is 5.73 Å². The second-order valence-electron chi connectivity index (χ2n) is 2.78. The topological polar surface area (TPSA) is 26.0 Å². The first kappa shape index (κ1) is 9.62. The van der Waals surface area contributed by atoms with Crippen LogP contribution in [0.25, 0.3) is 0 Å². The average molecular weight is 181 g/mol. The second kappa shape index (κ2) is 4.53. The predicted molar refractivity (Wildman–Crippen MR) is 56.3 cm³/mol. The fourth-order valence-electron chi connectivity index (χ4n) is 1.24. The highest BCUT2D eigenvalue weighted by atomic mass is 32.2. The van der Waals surface area contributed by atoms with Crippen LogP contribution >= 0.6 is 11.8 Å². The van der Waals surface area contributed by atoms with Crippen molar-refractivity contribution in [3.63, 3.8) is 0 Å². The summed E-state index contributed by atoms with van der Waals surface area (Å²) in [4.78, 5) is 0. The van der Waals surface area contributed by atoms with Gasteiger partial charge in [-0.3, -0.25) is 0 Å². The van der Waals surface area contributed by atoms with Crippen molar-refractivity contribution in [2.24, 2.45) is 5.73 Å². The molecule has 0 spiro atoms. The second-order valence-corrected chi connectivity index (χ2v) is 3.96. The molecule has 0 bridgehead atoms. The maximum absolute atomic E-state index is 5.63. The lowest BCUT2D eigenvalue weighted by Gasteiger charge is -2.12. The lowest BCUT2D eigenvalue weighted by Crippen LogP contribution is -2.02. The van der Waals surface area contributed by atoms with E-state index in [1.807, 2.05) is 17.8 Å². The molecule has 1 atom stereocenters. The van der Waals surface area contributed by atoms with E-state index in [-0.39, 0.29) is 0 Å². The zero-order chi connectivity index (χ0) is 8.97. The van der Waals surface area contributed by atoms with E-state index in [1.165, 1.54) is 11.1 Å². The molecule has 0 saturated heterocycles. The molecule has 2 heteroatoms. The van der Waals surface area contributed by atoms with Crippen molar-refractivity contribution in [3.05, 3.63) is 35.4 Å². The molecule has 0 heterocycles. The van der Waals surface area contributed by atoms with Gasteiger partial charge in [0.2, 0.25) is 0 Å². The van der Waals surface area contributed by atoms with Crippen LogP contribution in [0.4, 0.5) is 0 Å². The molecule has 0 radical (unpaired) electrons. The number of benzene rings is 1. The average Bonchev–Trinajstić information content (AvgIpc) is 2.16. The Hall–Kier alpha value is -0.470. The molecule has 0 amide bonds. The van der Waals surface area contributed by atoms with Crippen molar-refractivity contribution in [3.8, 4) is 0 Å². The van der Waals surface area contributed by atoms with Crippen molar-refractivity contribution >= 4 is 11.8 Å². The highest BCUT2D eigenvalue weighted by Gasteiger charge is 2.06. The summed E-state index contributed by atoms with van der Waals surface area (Å²) in [5.74, 6) is 0. The van der Waals surface area contributed by atoms with Gasteiger partial charge in [0.1, 0.15) is 0 Å². The van der Waals surface area contributed by atoms with Crippen molar-refractivity contribution < 1.29 is 0 Å². The summed E-state index contributed by atoms with van der Waals surface area (Å²) < 4.78 is 0. The number of hydrogen-bond donors (Lipinski definition) is 1. The van der Waals surface area contributed by atoms with E-state index in [9.17, 15) is 0 Å². The minimum atomic E-state index is 0.546. The lowest BCUT2D eigenvalue weighted by molar-refractivity contribution is 0.991. The van der Waals surface area contributed by atoms with Crippen molar-refractivity contribution in [2.75, 3.05) is 6.26 Å². The van der Waals surface area contributed by atoms with Crippen LogP contribution in [0.5, 0.6) is 0 Å². The highest BCUT2D eigenvalue weighted by molar-refractivity contribution is 7.98. The first-order valence-corrected chi connectivity index (χ1v) is 5.39. The van der Waals surface area contributed by atoms with Crippen LogP contribution in [-0.4, -0.2) is 6.26 Å². The van der Waals surface area contributed by atoms with Gasteiger partial charge in [0.25, 0.3) is 0 Å². The van der Waals surface area contributed by atoms with E-state index in [1.54, 1.807) is 0 Å². The molecule has 1 aromatic carbocycles. The number of nitrogens with two attached hydrogens (primary N) is 1. The highest BCUT2D eigenvalue weighted by Crippen LogP contribution is 2.27. The Morgan fingerprint density at radius 1 is 1.42 bits per heavy atom. The number of hydrogen-bond acceptors (Lipinski definition) is 2. The van der Waals surface area contributed by atoms with Gasteiger partial charge in [0.05, 0.1) is 0 Å². The first-order valence-electron chi connectivity index (χ1n) is 4.10. The van der Waals surface area contributed by atoms with Crippen LogP contribution in [0, 0.1) is 0 Å². The fourth-order valence-corrected chi connectivity index (χ4v) is 1.73. The summed E-state index contributed by atoms with van der Waals surface area (Å²) in [5, 5.41) is 0.546. The summed E-state index contributed by atoms with van der Waals surface area (Å²) >= 11 is 1.85. The van der Waals surface area contributed by atoms with Gasteiger partial charge in [0.15, 0.2) is 0 Å². The van der Waals surface area contributed by atoms with Crippen LogP contribution in [0.3, 0.4) is 0 Å². The van der Waals surface area contributed by atoms with Gasteiger partial charge in [-0.2, -0.15) is 11.8 Å². The predicted octanol–water partition coefficient (Wildman–Crippen LogP) is 2.57. The van der Waals surface area contributed by atoms with Crippen molar-refractivity contribution in [1.82, 2.24) is 0 Å². The molecule has 2 N–H and O–H groups in total. The normalized spacial score (nSPS) is 12.9. The molecule has 0 aromatic heterocycles. The molecular weight excluding hydrogens is 166 g/mol. The zero-order valence-corrected chi connectivity index (χ0v) is 8.40. The van der Waals surface area contributed by atoms with E-state index in [2.05, 4.69) is 31.4 Å². The van der Waals surface area contributed by atoms with Gasteiger partial charge < -0.3 is 5.73 Å². The molecule has 0 saturated carbocycles. The molecule has 1 nitrogen and oxygen atoms in total. The Labute approximate surface area is 78.4 Å². The van der Waals surface area contributed by atoms with E-state index in [0.29, 0.717) is 11.8 Å². The molecule has 1 aromatic rings. The Morgan fingerprint density at radius 2 is 2.08 bits per heavy atom. The lowest BCUT2D eigenvalue weighted by atomic mass is 10.1. The van der Waals surface area contributed by atoms with E-state index < -0.39 is 0 Å². The van der Waals surface area contributed by atoms with Gasteiger partial charge >= 0.3 is 0 Å². The maximum atomic E-state index is 5.63. The van der Waals surface area contributed by atoms with Crippen molar-refractivity contribution in [1.29, 1.82) is 0 Å². The third-order valence-electron chi connectivity index (χ3n) is 2.07. The van der Waals surface area contributed by atoms with Gasteiger partial charge in [0, 0.05) is 11.8 Å². The van der Waals surface area contributed by atoms with Gasteiger partial charge in [-0.05, 0) is 24.3 Å². The van der Waals surface area contributed by atoms with E-state index in [0.717, 1.165) is 0 Å². The monoisotopic (exact) mass is 181 g/mol. The molecule has 0 fully saturated rings. The van der Waals surface area contributed by atoms with Crippen molar-refractivity contribution in [2.45, 2.75) is 18.7 Å². The van der Waals surface area contributed by atoms with Crippen LogP contribution in [0.15, 0.2) is 24.3 Å². The van der Waals surface area contributed by atoms with Gasteiger partial charge in [-0.15, -0.1) is 0 Å². The molecule has 12 heavy (non-hydrogen) atoms. The van der Waals surface area contributed by atoms with Crippen LogP contribution in [0.1, 0.15) is 23.3 Å². The standard InChI is InChI=1S/C10H15NS/c1-8(12-2)10-6-4-3-5-9(10)7-11/h3-6,8H,7,11H2,1-2H3. The number of rotatable bonds is 3. The smallest absolute Gasteiger partial charge is 0.0269 e. The Bertz CT molecular complexity index is 247. The third-order valence-corrected chi connectivity index (χ3v) is 3.03. The summed E-state index contributed by atoms with van der Waals surface area (Å²) in [6, 6.07) is 8.37. The summed E-state index contributed by atoms with van der Waals surface area (Å²) in [7, 11) is 0. The molecular formula is C10H15NS. The van der Waals surface area contributed by atoms with E-state index >= 15 is 0 Å². The van der Waals surface area contributed by atoms with Gasteiger partial charge in [-0.1, -0.05) is 24.3 Å². The quantitative estimate of drug-likeness (QED) is 0.775. The SMILES string of the molecule is CSC(C)c1ccccc1CN. The largest absolute Gasteiger partial charge is 0.326 e. The van der Waals surface area contributed by atoms with Gasteiger partial charge in [-0.25, -0.2) is 0 Å². The number of thioether (sulfide) groups is 1. The summed E-state index contributed by atoms with van der Waals surface area (Å²) in [5.41, 5.74) is 8.27. The molecule has 1 rings (SSSR count).